The average molecular weight is 270 g/mol. The monoisotopic (exact) mass is 270 g/mol. The molecule has 3 heteroatoms. The molecule has 0 heterocycles. The highest BCUT2D eigenvalue weighted by molar-refractivity contribution is 5.94. The van der Waals surface area contributed by atoms with Crippen molar-refractivity contribution in [3.05, 3.63) is 71.8 Å². The molecular formula is C17H18O3. The lowest BCUT2D eigenvalue weighted by atomic mass is 10.2. The third-order valence-electron chi connectivity index (χ3n) is 2.36. The van der Waals surface area contributed by atoms with Crippen molar-refractivity contribution < 1.29 is 14.4 Å². The molecule has 0 aromatic heterocycles. The largest absolute Gasteiger partial charge is 0.307 e. The molecule has 0 bridgehead atoms. The lowest BCUT2D eigenvalue weighted by Crippen LogP contribution is -1.88. The maximum atomic E-state index is 10.6. The Hall–Kier alpha value is -2.55. The molecule has 0 spiro atoms. The Morgan fingerprint density at radius 1 is 0.650 bits per heavy atom. The van der Waals surface area contributed by atoms with Crippen LogP contribution in [0.2, 0.25) is 0 Å². The van der Waals surface area contributed by atoms with E-state index in [1.807, 2.05) is 67.5 Å². The van der Waals surface area contributed by atoms with Crippen molar-refractivity contribution in [1.29, 1.82) is 0 Å². The van der Waals surface area contributed by atoms with Crippen LogP contribution in [0.15, 0.2) is 60.7 Å². The van der Waals surface area contributed by atoms with Crippen LogP contribution in [0.4, 0.5) is 0 Å². The van der Waals surface area contributed by atoms with Gasteiger partial charge in [0.25, 0.3) is 0 Å². The first kappa shape index (κ1) is 17.4. The van der Waals surface area contributed by atoms with Crippen molar-refractivity contribution in [2.45, 2.75) is 13.8 Å². The summed E-state index contributed by atoms with van der Waals surface area (Å²) < 4.78 is 0. The summed E-state index contributed by atoms with van der Waals surface area (Å²) in [6.45, 7) is 5.13. The number of rotatable bonds is 2. The van der Waals surface area contributed by atoms with Crippen LogP contribution >= 0.6 is 0 Å². The van der Waals surface area contributed by atoms with E-state index in [2.05, 4.69) is 0 Å². The van der Waals surface area contributed by atoms with Crippen LogP contribution in [0.25, 0.3) is 0 Å². The molecule has 3 nitrogen and oxygen atoms in total. The molecule has 2 aromatic rings. The van der Waals surface area contributed by atoms with E-state index in [1.54, 1.807) is 13.8 Å². The molecule has 2 rings (SSSR count). The zero-order chi connectivity index (χ0) is 15.4. The molecule has 0 unspecified atom stereocenters. The summed E-state index contributed by atoms with van der Waals surface area (Å²) in [6.07, 6.45) is 0. The van der Waals surface area contributed by atoms with Gasteiger partial charge in [-0.25, -0.2) is 0 Å². The van der Waals surface area contributed by atoms with Gasteiger partial charge in [0.15, 0.2) is 11.6 Å². The minimum Gasteiger partial charge on any atom is -0.307 e. The molecule has 0 aliphatic rings. The average Bonchev–Trinajstić information content (AvgIpc) is 2.51. The fraction of sp³-hybridized carbons (Fsp3) is 0.118. The molecule has 0 fully saturated rings. The quantitative estimate of drug-likeness (QED) is 0.783. The second kappa shape index (κ2) is 10.4. The molecule has 0 saturated heterocycles. The second-order valence-electron chi connectivity index (χ2n) is 3.84. The van der Waals surface area contributed by atoms with Gasteiger partial charge in [0, 0.05) is 11.1 Å². The van der Waals surface area contributed by atoms with E-state index in [0.29, 0.717) is 0 Å². The Labute approximate surface area is 119 Å². The van der Waals surface area contributed by atoms with Gasteiger partial charge in [-0.3, -0.25) is 9.59 Å². The maximum absolute atomic E-state index is 10.6. The summed E-state index contributed by atoms with van der Waals surface area (Å²) in [5.74, 6) is 0.242. The van der Waals surface area contributed by atoms with Gasteiger partial charge < -0.3 is 4.79 Å². The summed E-state index contributed by atoms with van der Waals surface area (Å²) in [6, 6.07) is 18.5. The number of carbonyl (C=O) groups is 3. The van der Waals surface area contributed by atoms with Crippen LogP contribution in [0.3, 0.4) is 0 Å². The van der Waals surface area contributed by atoms with E-state index in [-0.39, 0.29) is 11.6 Å². The van der Waals surface area contributed by atoms with Crippen LogP contribution in [-0.4, -0.2) is 18.4 Å². The molecule has 20 heavy (non-hydrogen) atoms. The normalized spacial score (nSPS) is 8.30. The second-order valence-corrected chi connectivity index (χ2v) is 3.84. The third kappa shape index (κ3) is 7.01. The van der Waals surface area contributed by atoms with Gasteiger partial charge in [0.2, 0.25) is 0 Å². The van der Waals surface area contributed by atoms with E-state index in [9.17, 15) is 9.59 Å². The fourth-order valence-corrected chi connectivity index (χ4v) is 1.35. The molecule has 0 N–H and O–H groups in total. The fourth-order valence-electron chi connectivity index (χ4n) is 1.35. The minimum absolute atomic E-state index is 0.121. The highest BCUT2D eigenvalue weighted by atomic mass is 16.1. The number of hydrogen-bond acceptors (Lipinski definition) is 3. The smallest absolute Gasteiger partial charge is 0.159 e. The van der Waals surface area contributed by atoms with Crippen molar-refractivity contribution in [1.82, 2.24) is 0 Å². The van der Waals surface area contributed by atoms with Crippen molar-refractivity contribution in [2.75, 3.05) is 0 Å². The Bertz CT molecular complexity index is 469. The van der Waals surface area contributed by atoms with Crippen molar-refractivity contribution in [3.8, 4) is 0 Å². The predicted molar refractivity (Wildman–Crippen MR) is 80.0 cm³/mol. The molecule has 0 saturated carbocycles. The van der Waals surface area contributed by atoms with Gasteiger partial charge in [0.1, 0.15) is 6.79 Å². The van der Waals surface area contributed by atoms with Crippen molar-refractivity contribution >= 4 is 18.4 Å². The first-order valence-electron chi connectivity index (χ1n) is 6.02. The van der Waals surface area contributed by atoms with Crippen LogP contribution in [-0.2, 0) is 4.79 Å². The SMILES string of the molecule is C=O.CC(=O)c1ccccc1.CC(=O)c1ccccc1. The molecule has 0 radical (unpaired) electrons. The summed E-state index contributed by atoms with van der Waals surface area (Å²) in [5, 5.41) is 0. The van der Waals surface area contributed by atoms with Gasteiger partial charge in [-0.2, -0.15) is 0 Å². The standard InChI is InChI=1S/2C8H8O.CH2O/c2*1-7(9)8-5-3-2-4-6-8;1-2/h2*2-6H,1H3;1H2. The molecule has 0 amide bonds. The Kier molecular flexibility index (Phi) is 9.06. The highest BCUT2D eigenvalue weighted by Gasteiger charge is 1.93. The summed E-state index contributed by atoms with van der Waals surface area (Å²) in [5.41, 5.74) is 1.55. The van der Waals surface area contributed by atoms with Gasteiger partial charge in [-0.15, -0.1) is 0 Å². The van der Waals surface area contributed by atoms with Crippen LogP contribution in [0, 0.1) is 0 Å². The van der Waals surface area contributed by atoms with Gasteiger partial charge in [0.05, 0.1) is 0 Å². The predicted octanol–water partition coefficient (Wildman–Crippen LogP) is 3.59. The summed E-state index contributed by atoms with van der Waals surface area (Å²) >= 11 is 0. The number of benzene rings is 2. The van der Waals surface area contributed by atoms with E-state index in [4.69, 9.17) is 4.79 Å². The van der Waals surface area contributed by atoms with Crippen LogP contribution in [0.5, 0.6) is 0 Å². The maximum Gasteiger partial charge on any atom is 0.159 e. The first-order valence-corrected chi connectivity index (χ1v) is 6.02. The van der Waals surface area contributed by atoms with Gasteiger partial charge >= 0.3 is 0 Å². The highest BCUT2D eigenvalue weighted by Crippen LogP contribution is 1.98. The molecule has 0 aliphatic heterocycles. The number of Topliss-reactive ketones (excluding diaryl/α,β-unsaturated/α-hetero) is 2. The van der Waals surface area contributed by atoms with Gasteiger partial charge in [-0.1, -0.05) is 60.7 Å². The minimum atomic E-state index is 0.121. The Balaban J connectivity index is 0.000000321. The summed E-state index contributed by atoms with van der Waals surface area (Å²) in [7, 11) is 0. The van der Waals surface area contributed by atoms with Crippen molar-refractivity contribution in [2.24, 2.45) is 0 Å². The lowest BCUT2D eigenvalue weighted by molar-refractivity contribution is -0.0980. The van der Waals surface area contributed by atoms with Crippen LogP contribution in [0.1, 0.15) is 34.6 Å². The van der Waals surface area contributed by atoms with Crippen molar-refractivity contribution in [3.63, 3.8) is 0 Å². The van der Waals surface area contributed by atoms with E-state index >= 15 is 0 Å². The van der Waals surface area contributed by atoms with Crippen LogP contribution < -0.4 is 0 Å². The van der Waals surface area contributed by atoms with E-state index < -0.39 is 0 Å². The molecular weight excluding hydrogens is 252 g/mol. The number of carbonyl (C=O) groups excluding carboxylic acids is 3. The molecule has 104 valence electrons. The third-order valence-corrected chi connectivity index (χ3v) is 2.36. The molecule has 2 aromatic carbocycles. The Morgan fingerprint density at radius 3 is 1.05 bits per heavy atom. The first-order chi connectivity index (χ1) is 9.61. The molecule has 0 atom stereocenters. The molecule has 0 aliphatic carbocycles. The van der Waals surface area contributed by atoms with E-state index in [0.717, 1.165) is 11.1 Å². The zero-order valence-electron chi connectivity index (χ0n) is 11.7. The van der Waals surface area contributed by atoms with Gasteiger partial charge in [-0.05, 0) is 13.8 Å². The van der Waals surface area contributed by atoms with E-state index in [1.165, 1.54) is 0 Å². The summed E-state index contributed by atoms with van der Waals surface area (Å²) in [4.78, 5) is 29.3. The zero-order valence-corrected chi connectivity index (χ0v) is 11.7. The topological polar surface area (TPSA) is 51.2 Å². The number of ketones is 2. The Morgan fingerprint density at radius 2 is 0.900 bits per heavy atom. The lowest BCUT2D eigenvalue weighted by Gasteiger charge is -1.89. The number of hydrogen-bond donors (Lipinski definition) is 0.